The fraction of sp³-hybridized carbons (Fsp3) is 0.269. The molecule has 0 atom stereocenters. The van der Waals surface area contributed by atoms with Gasteiger partial charge >= 0.3 is 0 Å². The number of H-pyrrole nitrogens is 1. The second-order valence-electron chi connectivity index (χ2n) is 9.23. The maximum Gasteiger partial charge on any atom is 0.208 e. The Morgan fingerprint density at radius 2 is 1.85 bits per heavy atom. The number of aromatic amines is 1. The lowest BCUT2D eigenvalue weighted by atomic mass is 9.96. The van der Waals surface area contributed by atoms with Gasteiger partial charge in [0.1, 0.15) is 34.7 Å². The number of benzene rings is 1. The minimum atomic E-state index is -0.660. The number of rotatable bonds is 8. The Morgan fingerprint density at radius 3 is 2.54 bits per heavy atom. The number of nitriles is 1. The molecule has 4 aromatic heterocycles. The molecule has 0 radical (unpaired) electrons. The second kappa shape index (κ2) is 9.99. The number of hydrogen-bond acceptors (Lipinski definition) is 11. The van der Waals surface area contributed by atoms with Crippen molar-refractivity contribution in [1.29, 1.82) is 5.26 Å². The van der Waals surface area contributed by atoms with E-state index in [0.29, 0.717) is 62.7 Å². The number of aryl methyl sites for hydroxylation is 2. The van der Waals surface area contributed by atoms with Crippen LogP contribution in [0.4, 0.5) is 23.0 Å². The van der Waals surface area contributed by atoms with Gasteiger partial charge in [0.25, 0.3) is 0 Å². The minimum Gasteiger partial charge on any atom is -0.494 e. The van der Waals surface area contributed by atoms with Crippen molar-refractivity contribution in [2.24, 2.45) is 7.05 Å². The van der Waals surface area contributed by atoms with Gasteiger partial charge in [-0.25, -0.2) is 15.0 Å². The number of aromatic nitrogens is 8. The first-order chi connectivity index (χ1) is 18.7. The third kappa shape index (κ3) is 4.92. The maximum absolute atomic E-state index is 9.71. The number of tetrazole rings is 1. The Bertz CT molecular complexity index is 1720. The van der Waals surface area contributed by atoms with Crippen LogP contribution in [-0.2, 0) is 17.4 Å². The summed E-state index contributed by atoms with van der Waals surface area (Å²) < 4.78 is 11.3. The molecule has 13 nitrogen and oxygen atoms in total. The quantitative estimate of drug-likeness (QED) is 0.267. The van der Waals surface area contributed by atoms with Gasteiger partial charge in [-0.05, 0) is 50.3 Å². The second-order valence-corrected chi connectivity index (χ2v) is 9.23. The van der Waals surface area contributed by atoms with Crippen LogP contribution >= 0.6 is 0 Å². The van der Waals surface area contributed by atoms with Crippen LogP contribution in [0.3, 0.4) is 0 Å². The zero-order valence-corrected chi connectivity index (χ0v) is 22.4. The smallest absolute Gasteiger partial charge is 0.208 e. The van der Waals surface area contributed by atoms with E-state index in [9.17, 15) is 5.26 Å². The molecule has 1 aromatic carbocycles. The van der Waals surface area contributed by atoms with E-state index in [1.807, 2.05) is 51.1 Å². The van der Waals surface area contributed by atoms with Gasteiger partial charge in [0, 0.05) is 18.7 Å². The first kappa shape index (κ1) is 25.6. The van der Waals surface area contributed by atoms with Crippen molar-refractivity contribution >= 4 is 34.2 Å². The summed E-state index contributed by atoms with van der Waals surface area (Å²) in [6.07, 6.45) is 0. The lowest BCUT2D eigenvalue weighted by molar-refractivity contribution is 0.0187. The van der Waals surface area contributed by atoms with Crippen molar-refractivity contribution < 1.29 is 9.47 Å². The molecule has 0 bridgehead atoms. The van der Waals surface area contributed by atoms with Crippen molar-refractivity contribution in [3.05, 3.63) is 53.5 Å². The molecule has 0 aliphatic heterocycles. The van der Waals surface area contributed by atoms with E-state index in [4.69, 9.17) is 9.47 Å². The summed E-state index contributed by atoms with van der Waals surface area (Å²) in [7, 11) is 4.89. The predicted molar refractivity (Wildman–Crippen MR) is 145 cm³/mol. The van der Waals surface area contributed by atoms with Crippen LogP contribution in [0.15, 0.2) is 36.4 Å². The van der Waals surface area contributed by atoms with Gasteiger partial charge in [-0.3, -0.25) is 0 Å². The summed E-state index contributed by atoms with van der Waals surface area (Å²) in [6.45, 7) is 5.63. The Kier molecular flexibility index (Phi) is 6.55. The molecule has 0 unspecified atom stereocenters. The van der Waals surface area contributed by atoms with Gasteiger partial charge in [0.2, 0.25) is 5.82 Å². The van der Waals surface area contributed by atoms with Crippen molar-refractivity contribution in [2.75, 3.05) is 24.9 Å². The molecule has 0 aliphatic carbocycles. The van der Waals surface area contributed by atoms with Crippen LogP contribution in [-0.4, -0.2) is 54.4 Å². The number of anilines is 4. The molecule has 13 heteroatoms. The molecule has 0 saturated heterocycles. The predicted octanol–water partition coefficient (Wildman–Crippen LogP) is 4.10. The molecule has 0 fully saturated rings. The largest absolute Gasteiger partial charge is 0.494 e. The van der Waals surface area contributed by atoms with E-state index in [0.717, 1.165) is 0 Å². The number of fused-ring (bicyclic) bond motifs is 1. The number of para-hydroxylation sites is 1. The van der Waals surface area contributed by atoms with Crippen LogP contribution in [0.1, 0.15) is 30.9 Å². The van der Waals surface area contributed by atoms with Crippen LogP contribution in [0.2, 0.25) is 0 Å². The van der Waals surface area contributed by atoms with Gasteiger partial charge in [0.05, 0.1) is 36.7 Å². The number of ether oxygens (including phenoxy) is 2. The van der Waals surface area contributed by atoms with Crippen molar-refractivity contribution in [1.82, 2.24) is 40.1 Å². The van der Waals surface area contributed by atoms with Gasteiger partial charge in [-0.1, -0.05) is 6.07 Å². The average molecular weight is 526 g/mol. The number of hydrogen-bond donors (Lipinski definition) is 3. The molecular weight excluding hydrogens is 498 g/mol. The first-order valence-corrected chi connectivity index (χ1v) is 12.0. The molecule has 39 heavy (non-hydrogen) atoms. The van der Waals surface area contributed by atoms with E-state index in [1.165, 1.54) is 4.80 Å². The lowest BCUT2D eigenvalue weighted by Crippen LogP contribution is -2.21. The van der Waals surface area contributed by atoms with Crippen molar-refractivity contribution in [3.8, 4) is 23.2 Å². The van der Waals surface area contributed by atoms with Gasteiger partial charge in [0.15, 0.2) is 11.4 Å². The van der Waals surface area contributed by atoms with E-state index < -0.39 is 5.60 Å². The summed E-state index contributed by atoms with van der Waals surface area (Å²) in [5, 5.41) is 28.7. The monoisotopic (exact) mass is 525 g/mol. The Hall–Kier alpha value is -5.09. The number of methoxy groups -OCH3 is 2. The van der Waals surface area contributed by atoms with Gasteiger partial charge in [-0.2, -0.15) is 10.1 Å². The van der Waals surface area contributed by atoms with Gasteiger partial charge in [-0.15, -0.1) is 10.2 Å². The molecule has 3 N–H and O–H groups in total. The Labute approximate surface area is 224 Å². The fourth-order valence-electron chi connectivity index (χ4n) is 4.17. The van der Waals surface area contributed by atoms with E-state index in [-0.39, 0.29) is 5.69 Å². The molecule has 0 saturated carbocycles. The fourth-order valence-corrected chi connectivity index (χ4v) is 4.17. The lowest BCUT2D eigenvalue weighted by Gasteiger charge is -2.24. The summed E-state index contributed by atoms with van der Waals surface area (Å²) in [5.41, 5.74) is 3.55. The van der Waals surface area contributed by atoms with E-state index in [2.05, 4.69) is 52.0 Å². The van der Waals surface area contributed by atoms with Crippen LogP contribution in [0.25, 0.3) is 22.6 Å². The van der Waals surface area contributed by atoms with Crippen molar-refractivity contribution in [2.45, 2.75) is 26.4 Å². The summed E-state index contributed by atoms with van der Waals surface area (Å²) in [6, 6.07) is 13.2. The van der Waals surface area contributed by atoms with Crippen LogP contribution < -0.4 is 15.4 Å². The molecule has 5 rings (SSSR count). The normalized spacial score (nSPS) is 11.4. The first-order valence-electron chi connectivity index (χ1n) is 12.0. The summed E-state index contributed by atoms with van der Waals surface area (Å²) in [5.74, 6) is 2.65. The molecule has 198 valence electrons. The highest BCUT2D eigenvalue weighted by atomic mass is 16.5. The van der Waals surface area contributed by atoms with Crippen LogP contribution in [0, 0.1) is 18.3 Å². The molecule has 0 aliphatic rings. The highest BCUT2D eigenvalue weighted by Crippen LogP contribution is 2.38. The molecule has 4 heterocycles. The Balaban J connectivity index is 1.54. The number of nitrogens with one attached hydrogen (secondary N) is 3. The summed E-state index contributed by atoms with van der Waals surface area (Å²) in [4.78, 5) is 18.3. The molecule has 5 aromatic rings. The zero-order chi connectivity index (χ0) is 27.7. The number of nitrogens with zero attached hydrogens (tertiary/aromatic N) is 8. The SMILES string of the molecule is COc1c(Nc2cc(Nc3ccc(C(C)(C)OC)c(C#N)n3)nc3[nH]c(C)nc23)cccc1-c1nnn(C)n1. The number of imidazole rings is 1. The highest BCUT2D eigenvalue weighted by molar-refractivity contribution is 5.92. The third-order valence-electron chi connectivity index (χ3n) is 6.23. The summed E-state index contributed by atoms with van der Waals surface area (Å²) >= 11 is 0. The topological polar surface area (TPSA) is 164 Å². The molecule has 0 amide bonds. The Morgan fingerprint density at radius 1 is 1.03 bits per heavy atom. The third-order valence-corrected chi connectivity index (χ3v) is 6.23. The van der Waals surface area contributed by atoms with E-state index >= 15 is 0 Å². The highest BCUT2D eigenvalue weighted by Gasteiger charge is 2.24. The molecule has 0 spiro atoms. The minimum absolute atomic E-state index is 0.267. The van der Waals surface area contributed by atoms with Gasteiger partial charge < -0.3 is 25.1 Å². The van der Waals surface area contributed by atoms with E-state index in [1.54, 1.807) is 27.3 Å². The standard InChI is InChI=1S/C26H27N11O2/c1-14-28-22-18(30-17-9-7-8-15(23(17)38-5)24-34-36-37(4)35-24)12-21(33-25(22)29-14)32-20-11-10-16(19(13-27)31-20)26(2,3)39-6/h7-12H,1-6H3,(H3,28,29,30,31,32,33). The van der Waals surface area contributed by atoms with Crippen molar-refractivity contribution in [3.63, 3.8) is 0 Å². The maximum atomic E-state index is 9.71. The zero-order valence-electron chi connectivity index (χ0n) is 22.4. The molecular formula is C26H27N11O2. The average Bonchev–Trinajstić information content (AvgIpc) is 3.53. The number of pyridine rings is 2. The van der Waals surface area contributed by atoms with Crippen LogP contribution in [0.5, 0.6) is 5.75 Å².